The smallest absolute Gasteiger partial charge is 0.0198 e. The van der Waals surface area contributed by atoms with Crippen LogP contribution in [0.15, 0.2) is 0 Å². The molecule has 1 saturated carbocycles. The van der Waals surface area contributed by atoms with Gasteiger partial charge in [-0.3, -0.25) is 9.80 Å². The van der Waals surface area contributed by atoms with Crippen molar-refractivity contribution in [1.82, 2.24) is 14.7 Å². The molecule has 0 amide bonds. The SMILES string of the molecule is CC1CCC(N2CCN(C3CCN(C(C)C)CC3)CC2C)CC1. The van der Waals surface area contributed by atoms with E-state index in [1.807, 2.05) is 0 Å². The van der Waals surface area contributed by atoms with E-state index in [4.69, 9.17) is 0 Å². The summed E-state index contributed by atoms with van der Waals surface area (Å²) in [5, 5.41) is 0. The van der Waals surface area contributed by atoms with Crippen LogP contribution in [0.3, 0.4) is 0 Å². The highest BCUT2D eigenvalue weighted by Gasteiger charge is 2.34. The van der Waals surface area contributed by atoms with Gasteiger partial charge in [0.15, 0.2) is 0 Å². The van der Waals surface area contributed by atoms with Crippen LogP contribution in [0.4, 0.5) is 0 Å². The first kappa shape index (κ1) is 17.7. The van der Waals surface area contributed by atoms with Crippen molar-refractivity contribution < 1.29 is 0 Å². The fourth-order valence-electron chi connectivity index (χ4n) is 5.22. The second-order valence-electron chi connectivity index (χ2n) is 8.86. The van der Waals surface area contributed by atoms with Crippen LogP contribution in [0, 0.1) is 5.92 Å². The zero-order chi connectivity index (χ0) is 16.4. The van der Waals surface area contributed by atoms with Gasteiger partial charge in [-0.25, -0.2) is 0 Å². The summed E-state index contributed by atoms with van der Waals surface area (Å²) in [5.74, 6) is 0.967. The number of piperazine rings is 1. The molecule has 1 atom stereocenters. The van der Waals surface area contributed by atoms with E-state index in [1.165, 1.54) is 71.2 Å². The average Bonchev–Trinajstić information content (AvgIpc) is 2.56. The summed E-state index contributed by atoms with van der Waals surface area (Å²) in [4.78, 5) is 8.33. The van der Waals surface area contributed by atoms with E-state index >= 15 is 0 Å². The Bertz CT molecular complexity index is 354. The van der Waals surface area contributed by atoms with Gasteiger partial charge in [-0.2, -0.15) is 0 Å². The Balaban J connectivity index is 1.47. The molecule has 3 aliphatic rings. The molecular formula is C20H39N3. The molecule has 3 rings (SSSR count). The third-order valence-corrected chi connectivity index (χ3v) is 6.91. The molecule has 2 heterocycles. The maximum absolute atomic E-state index is 2.85. The Kier molecular flexibility index (Phi) is 6.03. The van der Waals surface area contributed by atoms with E-state index in [9.17, 15) is 0 Å². The van der Waals surface area contributed by atoms with Crippen LogP contribution in [0.1, 0.15) is 66.2 Å². The molecule has 2 saturated heterocycles. The molecular weight excluding hydrogens is 282 g/mol. The minimum absolute atomic E-state index is 0.723. The summed E-state index contributed by atoms with van der Waals surface area (Å²) < 4.78 is 0. The van der Waals surface area contributed by atoms with Crippen molar-refractivity contribution in [2.24, 2.45) is 5.92 Å². The molecule has 0 aromatic rings. The highest BCUT2D eigenvalue weighted by Crippen LogP contribution is 2.30. The monoisotopic (exact) mass is 321 g/mol. The van der Waals surface area contributed by atoms with Crippen molar-refractivity contribution in [2.45, 2.75) is 90.4 Å². The number of piperidine rings is 1. The summed E-state index contributed by atoms with van der Waals surface area (Å²) in [6.07, 6.45) is 8.55. The molecule has 3 heteroatoms. The fourth-order valence-corrected chi connectivity index (χ4v) is 5.22. The summed E-state index contributed by atoms with van der Waals surface area (Å²) in [7, 11) is 0. The van der Waals surface area contributed by atoms with Crippen molar-refractivity contribution in [3.8, 4) is 0 Å². The van der Waals surface area contributed by atoms with Crippen LogP contribution in [-0.4, -0.2) is 71.6 Å². The lowest BCUT2D eigenvalue weighted by molar-refractivity contribution is -0.00290. The normalized spacial score (nSPS) is 36.7. The first-order chi connectivity index (χ1) is 11.0. The first-order valence-corrected chi connectivity index (χ1v) is 10.3. The van der Waals surface area contributed by atoms with Gasteiger partial charge in [-0.1, -0.05) is 6.92 Å². The van der Waals surface area contributed by atoms with Gasteiger partial charge in [0.2, 0.25) is 0 Å². The van der Waals surface area contributed by atoms with E-state index in [2.05, 4.69) is 42.4 Å². The molecule has 0 aromatic carbocycles. The maximum atomic E-state index is 2.85. The van der Waals surface area contributed by atoms with Gasteiger partial charge >= 0.3 is 0 Å². The molecule has 0 spiro atoms. The number of nitrogens with zero attached hydrogens (tertiary/aromatic N) is 3. The molecule has 0 N–H and O–H groups in total. The van der Waals surface area contributed by atoms with Crippen LogP contribution in [0.25, 0.3) is 0 Å². The average molecular weight is 322 g/mol. The molecule has 2 aliphatic heterocycles. The van der Waals surface area contributed by atoms with E-state index < -0.39 is 0 Å². The molecule has 0 radical (unpaired) electrons. The molecule has 1 unspecified atom stereocenters. The summed E-state index contributed by atoms with van der Waals surface area (Å²) >= 11 is 0. The second kappa shape index (κ2) is 7.84. The molecule has 3 nitrogen and oxygen atoms in total. The van der Waals surface area contributed by atoms with Crippen LogP contribution in [0.5, 0.6) is 0 Å². The molecule has 1 aliphatic carbocycles. The van der Waals surface area contributed by atoms with Gasteiger partial charge in [0.25, 0.3) is 0 Å². The lowest BCUT2D eigenvalue weighted by Gasteiger charge is -2.49. The highest BCUT2D eigenvalue weighted by molar-refractivity contribution is 4.90. The molecule has 3 fully saturated rings. The minimum atomic E-state index is 0.723. The van der Waals surface area contributed by atoms with Crippen LogP contribution < -0.4 is 0 Å². The summed E-state index contributed by atoms with van der Waals surface area (Å²) in [6, 6.07) is 3.21. The zero-order valence-electron chi connectivity index (χ0n) is 16.0. The predicted octanol–water partition coefficient (Wildman–Crippen LogP) is 3.44. The Morgan fingerprint density at radius 1 is 0.739 bits per heavy atom. The summed E-state index contributed by atoms with van der Waals surface area (Å²) in [5.41, 5.74) is 0. The first-order valence-electron chi connectivity index (χ1n) is 10.3. The quantitative estimate of drug-likeness (QED) is 0.788. The van der Waals surface area contributed by atoms with E-state index in [0.29, 0.717) is 0 Å². The van der Waals surface area contributed by atoms with Gasteiger partial charge in [0, 0.05) is 43.8 Å². The molecule has 0 bridgehead atoms. The number of hydrogen-bond donors (Lipinski definition) is 0. The lowest BCUT2D eigenvalue weighted by Crippen LogP contribution is -2.59. The Hall–Kier alpha value is -0.120. The van der Waals surface area contributed by atoms with Crippen LogP contribution >= 0.6 is 0 Å². The van der Waals surface area contributed by atoms with E-state index in [-0.39, 0.29) is 0 Å². The van der Waals surface area contributed by atoms with Gasteiger partial charge in [0.05, 0.1) is 0 Å². The van der Waals surface area contributed by atoms with Gasteiger partial charge in [-0.15, -0.1) is 0 Å². The van der Waals surface area contributed by atoms with Crippen molar-refractivity contribution >= 4 is 0 Å². The van der Waals surface area contributed by atoms with E-state index in [0.717, 1.165) is 30.1 Å². The largest absolute Gasteiger partial charge is 0.301 e. The standard InChI is InChI=1S/C20H39N3/c1-16(2)21-11-9-19(10-12-21)22-13-14-23(18(4)15-22)20-7-5-17(3)6-8-20/h16-20H,5-15H2,1-4H3. The van der Waals surface area contributed by atoms with Crippen LogP contribution in [-0.2, 0) is 0 Å². The topological polar surface area (TPSA) is 9.72 Å². The highest BCUT2D eigenvalue weighted by atomic mass is 15.3. The van der Waals surface area contributed by atoms with Gasteiger partial charge < -0.3 is 4.90 Å². The third-order valence-electron chi connectivity index (χ3n) is 6.91. The number of hydrogen-bond acceptors (Lipinski definition) is 3. The molecule has 0 aromatic heterocycles. The van der Waals surface area contributed by atoms with Crippen molar-refractivity contribution in [1.29, 1.82) is 0 Å². The van der Waals surface area contributed by atoms with Crippen LogP contribution in [0.2, 0.25) is 0 Å². The van der Waals surface area contributed by atoms with Crippen molar-refractivity contribution in [3.63, 3.8) is 0 Å². The maximum Gasteiger partial charge on any atom is 0.0198 e. The van der Waals surface area contributed by atoms with E-state index in [1.54, 1.807) is 0 Å². The zero-order valence-corrected chi connectivity index (χ0v) is 16.0. The fraction of sp³-hybridized carbons (Fsp3) is 1.00. The molecule has 23 heavy (non-hydrogen) atoms. The Labute approximate surface area is 144 Å². The molecule has 134 valence electrons. The Morgan fingerprint density at radius 2 is 1.39 bits per heavy atom. The lowest BCUT2D eigenvalue weighted by atomic mass is 9.85. The second-order valence-corrected chi connectivity index (χ2v) is 8.86. The number of likely N-dealkylation sites (tertiary alicyclic amines) is 1. The van der Waals surface area contributed by atoms with Gasteiger partial charge in [-0.05, 0) is 78.3 Å². The van der Waals surface area contributed by atoms with Gasteiger partial charge in [0.1, 0.15) is 0 Å². The van der Waals surface area contributed by atoms with Crippen molar-refractivity contribution in [3.05, 3.63) is 0 Å². The Morgan fingerprint density at radius 3 is 1.96 bits per heavy atom. The predicted molar refractivity (Wildman–Crippen MR) is 98.9 cm³/mol. The van der Waals surface area contributed by atoms with Crippen molar-refractivity contribution in [2.75, 3.05) is 32.7 Å². The summed E-state index contributed by atoms with van der Waals surface area (Å²) in [6.45, 7) is 16.1. The minimum Gasteiger partial charge on any atom is -0.301 e. The third kappa shape index (κ3) is 4.29. The number of rotatable bonds is 3.